The maximum Gasteiger partial charge on any atom is 0.433 e. The molecule has 2 aromatic rings. The average Bonchev–Trinajstić information content (AvgIpc) is 2.85. The molecule has 0 atom stereocenters. The third-order valence-corrected chi connectivity index (χ3v) is 3.56. The van der Waals surface area contributed by atoms with Crippen molar-refractivity contribution in [3.63, 3.8) is 0 Å². The van der Waals surface area contributed by atoms with Crippen LogP contribution in [0.2, 0.25) is 0 Å². The molecule has 108 valence electrons. The fraction of sp³-hybridized carbons (Fsp3) is 0.583. The van der Waals surface area contributed by atoms with Crippen molar-refractivity contribution in [2.24, 2.45) is 0 Å². The van der Waals surface area contributed by atoms with Gasteiger partial charge in [0.05, 0.1) is 0 Å². The first-order valence-electron chi connectivity index (χ1n) is 6.51. The minimum Gasteiger partial charge on any atom is -0.356 e. The van der Waals surface area contributed by atoms with Crippen LogP contribution in [0.4, 0.5) is 19.0 Å². The molecule has 0 N–H and O–H groups in total. The normalized spacial score (nSPS) is 16.9. The van der Waals surface area contributed by atoms with Crippen LogP contribution in [0.5, 0.6) is 0 Å². The van der Waals surface area contributed by atoms with Crippen LogP contribution in [0.1, 0.15) is 30.5 Å². The molecular weight excluding hydrogens is 271 g/mol. The van der Waals surface area contributed by atoms with Crippen LogP contribution in [-0.2, 0) is 6.18 Å². The molecule has 20 heavy (non-hydrogen) atoms. The van der Waals surface area contributed by atoms with Crippen LogP contribution in [-0.4, -0.2) is 32.7 Å². The molecule has 0 amide bonds. The van der Waals surface area contributed by atoms with Crippen molar-refractivity contribution in [1.82, 2.24) is 19.6 Å². The van der Waals surface area contributed by atoms with Gasteiger partial charge in [0.2, 0.25) is 0 Å². The molecule has 0 bridgehead atoms. The van der Waals surface area contributed by atoms with Crippen molar-refractivity contribution in [2.45, 2.75) is 32.4 Å². The van der Waals surface area contributed by atoms with Gasteiger partial charge in [-0.1, -0.05) is 0 Å². The van der Waals surface area contributed by atoms with E-state index in [0.29, 0.717) is 5.82 Å². The summed E-state index contributed by atoms with van der Waals surface area (Å²) in [5.74, 6) is 0.447. The molecule has 0 unspecified atom stereocenters. The molecule has 3 heterocycles. The predicted molar refractivity (Wildman–Crippen MR) is 66.6 cm³/mol. The summed E-state index contributed by atoms with van der Waals surface area (Å²) in [5, 5.41) is 4.01. The highest BCUT2D eigenvalue weighted by Crippen LogP contribution is 2.35. The van der Waals surface area contributed by atoms with E-state index < -0.39 is 11.9 Å². The van der Waals surface area contributed by atoms with Crippen LogP contribution < -0.4 is 4.90 Å². The zero-order valence-electron chi connectivity index (χ0n) is 11.0. The number of anilines is 1. The van der Waals surface area contributed by atoms with Gasteiger partial charge in [0.25, 0.3) is 5.78 Å². The summed E-state index contributed by atoms with van der Waals surface area (Å²) in [6.07, 6.45) is -0.205. The van der Waals surface area contributed by atoms with Crippen LogP contribution in [0, 0.1) is 6.92 Å². The molecule has 0 radical (unpaired) electrons. The Morgan fingerprint density at radius 1 is 1.15 bits per heavy atom. The van der Waals surface area contributed by atoms with Gasteiger partial charge in [-0.15, -0.1) is 0 Å². The van der Waals surface area contributed by atoms with Gasteiger partial charge in [-0.05, 0) is 26.2 Å². The van der Waals surface area contributed by atoms with Crippen LogP contribution in [0.3, 0.4) is 0 Å². The second-order valence-electron chi connectivity index (χ2n) is 4.93. The van der Waals surface area contributed by atoms with Gasteiger partial charge in [0.1, 0.15) is 12.1 Å². The van der Waals surface area contributed by atoms with Crippen molar-refractivity contribution >= 4 is 11.6 Å². The van der Waals surface area contributed by atoms with Crippen molar-refractivity contribution in [1.29, 1.82) is 0 Å². The second-order valence-corrected chi connectivity index (χ2v) is 4.93. The summed E-state index contributed by atoms with van der Waals surface area (Å²) in [6, 6.07) is 0. The molecule has 1 fully saturated rings. The first kappa shape index (κ1) is 13.1. The summed E-state index contributed by atoms with van der Waals surface area (Å²) in [5.41, 5.74) is -0.768. The van der Waals surface area contributed by atoms with Gasteiger partial charge >= 0.3 is 6.18 Å². The molecule has 2 aromatic heterocycles. The Labute approximate surface area is 113 Å². The zero-order valence-corrected chi connectivity index (χ0v) is 11.0. The molecule has 1 aliphatic heterocycles. The van der Waals surface area contributed by atoms with Gasteiger partial charge in [-0.2, -0.15) is 27.8 Å². The van der Waals surface area contributed by atoms with E-state index in [1.54, 1.807) is 0 Å². The van der Waals surface area contributed by atoms with Gasteiger partial charge in [-0.25, -0.2) is 4.98 Å². The minimum absolute atomic E-state index is 0.0106. The third-order valence-electron chi connectivity index (χ3n) is 3.56. The monoisotopic (exact) mass is 285 g/mol. The van der Waals surface area contributed by atoms with Crippen LogP contribution in [0.25, 0.3) is 5.78 Å². The summed E-state index contributed by atoms with van der Waals surface area (Å²) >= 11 is 0. The average molecular weight is 285 g/mol. The Morgan fingerprint density at radius 2 is 1.85 bits per heavy atom. The van der Waals surface area contributed by atoms with E-state index in [4.69, 9.17) is 0 Å². The standard InChI is InChI=1S/C12H14F3N5/c1-8-9(12(13,14)15)18-11-16-7-17-20(11)10(8)19-5-3-2-4-6-19/h7H,2-6H2,1H3. The number of rotatable bonds is 1. The van der Waals surface area contributed by atoms with Crippen molar-refractivity contribution in [3.8, 4) is 0 Å². The molecule has 0 aliphatic carbocycles. The first-order valence-corrected chi connectivity index (χ1v) is 6.51. The van der Waals surface area contributed by atoms with Gasteiger partial charge < -0.3 is 4.90 Å². The predicted octanol–water partition coefficient (Wildman–Crippen LogP) is 2.44. The number of alkyl halides is 3. The molecular formula is C12H14F3N5. The van der Waals surface area contributed by atoms with E-state index in [9.17, 15) is 13.2 Å². The Kier molecular flexibility index (Phi) is 3.02. The summed E-state index contributed by atoms with van der Waals surface area (Å²) in [6.45, 7) is 2.91. The number of fused-ring (bicyclic) bond motifs is 1. The highest BCUT2D eigenvalue weighted by molar-refractivity contribution is 5.55. The number of nitrogens with zero attached hydrogens (tertiary/aromatic N) is 5. The van der Waals surface area contributed by atoms with Gasteiger partial charge in [0, 0.05) is 18.7 Å². The molecule has 8 heteroatoms. The van der Waals surface area contributed by atoms with Crippen LogP contribution in [0.15, 0.2) is 6.33 Å². The summed E-state index contributed by atoms with van der Waals surface area (Å²) in [7, 11) is 0. The van der Waals surface area contributed by atoms with E-state index in [1.165, 1.54) is 17.8 Å². The molecule has 1 aliphatic rings. The number of piperidine rings is 1. The molecule has 3 rings (SSSR count). The second kappa shape index (κ2) is 4.60. The Hall–Kier alpha value is -1.86. The molecule has 0 spiro atoms. The van der Waals surface area contributed by atoms with E-state index in [-0.39, 0.29) is 11.3 Å². The van der Waals surface area contributed by atoms with E-state index in [2.05, 4.69) is 15.1 Å². The fourth-order valence-electron chi connectivity index (χ4n) is 2.66. The van der Waals surface area contributed by atoms with Crippen LogP contribution >= 0.6 is 0 Å². The topological polar surface area (TPSA) is 46.3 Å². The van der Waals surface area contributed by atoms with E-state index >= 15 is 0 Å². The van der Waals surface area contributed by atoms with Crippen molar-refractivity contribution < 1.29 is 13.2 Å². The quantitative estimate of drug-likeness (QED) is 0.807. The highest BCUT2D eigenvalue weighted by atomic mass is 19.4. The Morgan fingerprint density at radius 3 is 2.50 bits per heavy atom. The van der Waals surface area contributed by atoms with Gasteiger partial charge in [0.15, 0.2) is 5.69 Å². The minimum atomic E-state index is -4.48. The molecule has 1 saturated heterocycles. The lowest BCUT2D eigenvalue weighted by Gasteiger charge is -2.30. The largest absolute Gasteiger partial charge is 0.433 e. The number of halogens is 3. The highest BCUT2D eigenvalue weighted by Gasteiger charge is 2.37. The third kappa shape index (κ3) is 2.08. The lowest BCUT2D eigenvalue weighted by molar-refractivity contribution is -0.141. The smallest absolute Gasteiger partial charge is 0.356 e. The van der Waals surface area contributed by atoms with Crippen molar-refractivity contribution in [3.05, 3.63) is 17.6 Å². The maximum atomic E-state index is 13.1. The van der Waals surface area contributed by atoms with E-state index in [1.807, 2.05) is 4.90 Å². The molecule has 0 aromatic carbocycles. The Bertz CT molecular complexity index is 628. The number of aromatic nitrogens is 4. The lowest BCUT2D eigenvalue weighted by atomic mass is 10.1. The molecule has 0 saturated carbocycles. The Balaban J connectivity index is 2.22. The first-order chi connectivity index (χ1) is 9.48. The summed E-state index contributed by atoms with van der Waals surface area (Å²) in [4.78, 5) is 9.34. The number of hydrogen-bond donors (Lipinski definition) is 0. The van der Waals surface area contributed by atoms with E-state index in [0.717, 1.165) is 32.4 Å². The fourth-order valence-corrected chi connectivity index (χ4v) is 2.66. The maximum absolute atomic E-state index is 13.1. The van der Waals surface area contributed by atoms with Crippen molar-refractivity contribution in [2.75, 3.05) is 18.0 Å². The SMILES string of the molecule is Cc1c(C(F)(F)F)nc2ncnn2c1N1CCCCC1. The summed E-state index contributed by atoms with van der Waals surface area (Å²) < 4.78 is 40.7. The van der Waals surface area contributed by atoms with Gasteiger partial charge in [-0.3, -0.25) is 0 Å². The molecule has 5 nitrogen and oxygen atoms in total. The lowest BCUT2D eigenvalue weighted by Crippen LogP contribution is -2.33. The number of hydrogen-bond acceptors (Lipinski definition) is 4. The zero-order chi connectivity index (χ0) is 14.3.